The van der Waals surface area contributed by atoms with E-state index in [2.05, 4.69) is 78.0 Å². The number of carbonyl (C=O) groups excluding carboxylic acids is 1. The van der Waals surface area contributed by atoms with Gasteiger partial charge in [0.05, 0.1) is 24.3 Å². The molecule has 33 heavy (non-hydrogen) atoms. The number of carbonyl (C=O) groups is 1. The van der Waals surface area contributed by atoms with Crippen LogP contribution < -0.4 is 22.3 Å². The Morgan fingerprint density at radius 2 is 1.70 bits per heavy atom. The average Bonchev–Trinajstić information content (AvgIpc) is 3.72. The summed E-state index contributed by atoms with van der Waals surface area (Å²) in [6.07, 6.45) is 12.1. The second-order valence-corrected chi connectivity index (χ2v) is 8.35. The minimum absolute atomic E-state index is 0.304. The summed E-state index contributed by atoms with van der Waals surface area (Å²) in [6.45, 7) is 1.76. The van der Waals surface area contributed by atoms with Crippen LogP contribution in [0.1, 0.15) is 28.8 Å². The smallest absolute Gasteiger partial charge is 0.167 e. The highest BCUT2D eigenvalue weighted by Gasteiger charge is 1.87. The lowest BCUT2D eigenvalue weighted by Crippen LogP contribution is -1.98. The summed E-state index contributed by atoms with van der Waals surface area (Å²) in [6, 6.07) is 0. The van der Waals surface area contributed by atoms with E-state index in [9.17, 15) is 4.79 Å². The Balaban J connectivity index is 0.000000247. The molecule has 0 aliphatic heterocycles. The molecular weight excluding hydrogens is 579 g/mol. The van der Waals surface area contributed by atoms with Gasteiger partial charge in [-0.3, -0.25) is 24.7 Å². The van der Waals surface area contributed by atoms with Crippen molar-refractivity contribution in [3.63, 3.8) is 0 Å². The third-order valence-corrected chi connectivity index (χ3v) is 4.94. The monoisotopic (exact) mass is 604 g/mol. The van der Waals surface area contributed by atoms with Crippen LogP contribution in [0.3, 0.4) is 0 Å². The average molecular weight is 605 g/mol. The highest BCUT2D eigenvalue weighted by atomic mass is 79.9. The molecule has 0 fully saturated rings. The number of hydrogen-bond donors (Lipinski definition) is 3. The molecule has 0 spiro atoms. The van der Waals surface area contributed by atoms with E-state index in [-0.39, 0.29) is 0 Å². The molecule has 3 N–H and O–H groups in total. The zero-order chi connectivity index (χ0) is 27.6. The van der Waals surface area contributed by atoms with Gasteiger partial charge in [0.25, 0.3) is 0 Å². The van der Waals surface area contributed by atoms with Gasteiger partial charge in [-0.05, 0) is 43.7 Å². The summed E-state index contributed by atoms with van der Waals surface area (Å²) in [7, 11) is 3.96. The van der Waals surface area contributed by atoms with E-state index < -0.39 is 0 Å². The predicted octanol–water partition coefficient (Wildman–Crippen LogP) is 1.75. The normalized spacial score (nSPS) is 11.9. The molecule has 172 valence electrons. The number of H-pyrrole nitrogens is 3. The first kappa shape index (κ1) is 23.0. The number of aromatic nitrogens is 8. The summed E-state index contributed by atoms with van der Waals surface area (Å²) in [5.74, 6) is 7.92. The van der Waals surface area contributed by atoms with Gasteiger partial charge in [-0.2, -0.15) is 5.11 Å². The van der Waals surface area contributed by atoms with Gasteiger partial charge in [0.1, 0.15) is 16.0 Å². The maximum absolute atomic E-state index is 10.0. The first-order valence-electron chi connectivity index (χ1n) is 10.2. The van der Waals surface area contributed by atoms with Crippen LogP contribution in [-0.2, 0) is 0 Å². The Morgan fingerprint density at radius 1 is 1.09 bits per heavy atom. The number of rotatable bonds is 5. The van der Waals surface area contributed by atoms with Gasteiger partial charge in [0, 0.05) is 6.20 Å². The van der Waals surface area contributed by atoms with E-state index in [1.807, 2.05) is 0 Å². The minimum Gasteiger partial charge on any atom is -0.485 e. The van der Waals surface area contributed by atoms with E-state index in [0.29, 0.717) is 76.7 Å². The van der Waals surface area contributed by atoms with E-state index in [1.54, 1.807) is 23.7 Å². The van der Waals surface area contributed by atoms with Crippen LogP contribution in [0.2, 0.25) is 0 Å². The summed E-state index contributed by atoms with van der Waals surface area (Å²) < 4.78 is 30.0. The molecule has 0 saturated heterocycles. The Labute approximate surface area is 217 Å². The Bertz CT molecular complexity index is 1340. The van der Waals surface area contributed by atoms with E-state index in [4.69, 9.17) is 11.5 Å². The lowest BCUT2D eigenvalue weighted by molar-refractivity contribution is 0.111. The van der Waals surface area contributed by atoms with Crippen LogP contribution in [-0.4, -0.2) is 50.6 Å². The van der Waals surface area contributed by atoms with Gasteiger partial charge in [-0.15, -0.1) is 6.42 Å². The quantitative estimate of drug-likeness (QED) is 0.182. The molecule has 4 aromatic heterocycles. The SMILES string of the molecule is [3H][P-]c1nc(Br)cn1P.[3H][P-]c1ncc(C#C)[nH]1.[3H][P-]c1ncc(C#CC)[nH]1.[3H][P-]c1ncc(C=O)[nH]1. The fraction of sp³-hybridized carbons (Fsp3) is 0.0556. The third-order valence-electron chi connectivity index (χ3n) is 2.93. The van der Waals surface area contributed by atoms with Gasteiger partial charge in [0.15, 0.2) is 6.29 Å². The van der Waals surface area contributed by atoms with Crippen LogP contribution in [0.4, 0.5) is 0 Å². The number of nitrogens with zero attached hydrogens (tertiary/aromatic N) is 5. The Hall–Kier alpha value is -1.74. The van der Waals surface area contributed by atoms with Gasteiger partial charge in [-0.25, -0.2) is 0 Å². The number of terminal acetylenes is 1. The molecule has 4 heterocycles. The second kappa shape index (κ2) is 16.0. The first-order valence-corrected chi connectivity index (χ1v) is 11.5. The van der Waals surface area contributed by atoms with Crippen molar-refractivity contribution in [1.29, 1.82) is 5.11 Å². The number of aldehydes is 1. The van der Waals surface area contributed by atoms with Gasteiger partial charge in [-0.1, -0.05) is 28.5 Å². The molecular formula is C18H18BrN8OP5-4. The van der Waals surface area contributed by atoms with Crippen LogP contribution in [0.15, 0.2) is 29.4 Å². The third kappa shape index (κ3) is 12.3. The fourth-order valence-electron chi connectivity index (χ4n) is 1.63. The van der Waals surface area contributed by atoms with Gasteiger partial charge in [0.2, 0.25) is 0 Å². The maximum atomic E-state index is 10.0. The maximum Gasteiger partial charge on any atom is 0.167 e. The van der Waals surface area contributed by atoms with Crippen molar-refractivity contribution < 1.29 is 4.79 Å². The van der Waals surface area contributed by atoms with Crippen molar-refractivity contribution >= 4 is 90.6 Å². The summed E-state index contributed by atoms with van der Waals surface area (Å²) in [5, 5.41) is 0. The molecule has 1 atom stereocenters. The minimum atomic E-state index is 0.304. The standard InChI is InChI=1S/C6H6N2P.C5H4N2P.C4H4N2OP.C3H4BrN2P2/c1-2-3-5-4-7-6(9)8-5;1-2-4-3-6-5(8)7-4;7-2-3-1-5-4(8)6-3;4-2-1-6(8)3(7)5-2/h4,9H,1H3,(H,7,8);1,3,8H,(H,6,7);1-2,8H,(H,5,6);1,7H,8H2/q4*-1/i9T;2*8T;7T. The fourth-order valence-corrected chi connectivity index (χ4v) is 3.28. The lowest BCUT2D eigenvalue weighted by Gasteiger charge is -1.97. The highest BCUT2D eigenvalue weighted by molar-refractivity contribution is 9.10. The van der Waals surface area contributed by atoms with E-state index in [0.717, 1.165) is 10.3 Å². The molecule has 4 aromatic rings. The van der Waals surface area contributed by atoms with Gasteiger partial charge >= 0.3 is 0 Å². The molecule has 0 aromatic carbocycles. The van der Waals surface area contributed by atoms with Crippen LogP contribution in [0, 0.1) is 24.2 Å². The Kier molecular flexibility index (Phi) is 11.2. The lowest BCUT2D eigenvalue weighted by atomic mass is 10.5. The van der Waals surface area contributed by atoms with E-state index >= 15 is 0 Å². The van der Waals surface area contributed by atoms with Crippen LogP contribution >= 0.6 is 62.1 Å². The second-order valence-electron chi connectivity index (χ2n) is 5.31. The molecule has 0 saturated carbocycles. The molecule has 0 aliphatic rings. The molecule has 0 bridgehead atoms. The number of hydrogen-bond acceptors (Lipinski definition) is 5. The van der Waals surface area contributed by atoms with Crippen molar-refractivity contribution in [3.05, 3.63) is 46.5 Å². The predicted molar refractivity (Wildman–Crippen MR) is 148 cm³/mol. The molecule has 1 unspecified atom stereocenters. The Morgan fingerprint density at radius 3 is 2.06 bits per heavy atom. The van der Waals surface area contributed by atoms with E-state index in [1.165, 1.54) is 12.4 Å². The van der Waals surface area contributed by atoms with Crippen molar-refractivity contribution in [1.82, 2.24) is 39.2 Å². The van der Waals surface area contributed by atoms with Crippen molar-refractivity contribution in [3.8, 4) is 24.2 Å². The molecule has 0 radical (unpaired) electrons. The number of imidazole rings is 4. The summed E-state index contributed by atoms with van der Waals surface area (Å²) in [4.78, 5) is 33.7. The van der Waals surface area contributed by atoms with Gasteiger partial charge < -0.3 is 56.0 Å². The zero-order valence-electron chi connectivity index (χ0n) is 20.9. The topological polar surface area (TPSA) is 121 Å². The molecule has 15 heteroatoms. The van der Waals surface area contributed by atoms with Crippen molar-refractivity contribution in [2.75, 3.05) is 0 Å². The van der Waals surface area contributed by atoms with Crippen LogP contribution in [0.25, 0.3) is 0 Å². The van der Waals surface area contributed by atoms with Crippen molar-refractivity contribution in [2.45, 2.75) is 6.92 Å². The highest BCUT2D eigenvalue weighted by Crippen LogP contribution is 2.06. The molecule has 0 amide bonds. The summed E-state index contributed by atoms with van der Waals surface area (Å²) in [5.41, 5.74) is 4.26. The summed E-state index contributed by atoms with van der Waals surface area (Å²) >= 11 is 3.19. The largest absolute Gasteiger partial charge is 0.485 e. The number of nitrogens with one attached hydrogen (secondary N) is 3. The zero-order valence-corrected chi connectivity index (χ0v) is 23.2. The number of halogens is 1. The van der Waals surface area contributed by atoms with Crippen molar-refractivity contribution in [2.24, 2.45) is 0 Å². The van der Waals surface area contributed by atoms with Crippen LogP contribution in [0.5, 0.6) is 0 Å². The molecule has 0 aliphatic carbocycles. The molecule has 9 nitrogen and oxygen atoms in total. The molecule has 4 rings (SSSR count). The first-order chi connectivity index (χ1) is 17.8. The number of aromatic amines is 3.